The molecule has 0 N–H and O–H groups in total. The lowest BCUT2D eigenvalue weighted by Crippen LogP contribution is -2.50. The molecule has 2 aromatic carbocycles. The lowest BCUT2D eigenvalue weighted by Gasteiger charge is -2.34. The van der Waals surface area contributed by atoms with Crippen molar-refractivity contribution in [2.75, 3.05) is 51.4 Å². The number of aromatic nitrogens is 1. The first-order valence-electron chi connectivity index (χ1n) is 9.99. The average Bonchev–Trinajstić information content (AvgIpc) is 3.22. The number of ether oxygens (including phenoxy) is 3. The van der Waals surface area contributed by atoms with E-state index in [0.29, 0.717) is 25.4 Å². The first-order valence-corrected chi connectivity index (χ1v) is 10.8. The van der Waals surface area contributed by atoms with Gasteiger partial charge < -0.3 is 24.0 Å². The van der Waals surface area contributed by atoms with Gasteiger partial charge >= 0.3 is 0 Å². The molecular formula is C22H25N3O4S. The number of benzene rings is 2. The molecule has 0 bridgehead atoms. The Labute approximate surface area is 179 Å². The second-order valence-corrected chi connectivity index (χ2v) is 7.90. The highest BCUT2D eigenvalue weighted by Gasteiger charge is 2.23. The van der Waals surface area contributed by atoms with E-state index in [1.165, 1.54) is 0 Å². The summed E-state index contributed by atoms with van der Waals surface area (Å²) in [5.41, 5.74) is 0.970. The Hall–Kier alpha value is -3.00. The number of hydrogen-bond acceptors (Lipinski definition) is 7. The fourth-order valence-corrected chi connectivity index (χ4v) is 4.38. The molecule has 0 aliphatic carbocycles. The second kappa shape index (κ2) is 9.21. The number of nitrogens with zero attached hydrogens (tertiary/aromatic N) is 3. The smallest absolute Gasteiger partial charge is 0.260 e. The van der Waals surface area contributed by atoms with Crippen molar-refractivity contribution in [2.45, 2.75) is 6.92 Å². The minimum absolute atomic E-state index is 0.00225. The van der Waals surface area contributed by atoms with Crippen LogP contribution in [-0.2, 0) is 4.79 Å². The fourth-order valence-electron chi connectivity index (χ4n) is 3.34. The van der Waals surface area contributed by atoms with Gasteiger partial charge in [0.2, 0.25) is 0 Å². The van der Waals surface area contributed by atoms with E-state index in [0.717, 1.165) is 39.9 Å². The van der Waals surface area contributed by atoms with Crippen LogP contribution in [-0.4, -0.2) is 62.3 Å². The molecule has 1 amide bonds. The topological polar surface area (TPSA) is 64.1 Å². The molecule has 0 spiro atoms. The number of anilines is 1. The van der Waals surface area contributed by atoms with Gasteiger partial charge in [-0.05, 0) is 49.4 Å². The van der Waals surface area contributed by atoms with Crippen molar-refractivity contribution < 1.29 is 19.0 Å². The fraction of sp³-hybridized carbons (Fsp3) is 0.364. The maximum atomic E-state index is 12.5. The van der Waals surface area contributed by atoms with Gasteiger partial charge in [-0.3, -0.25) is 4.79 Å². The molecule has 30 heavy (non-hydrogen) atoms. The van der Waals surface area contributed by atoms with Gasteiger partial charge in [0.15, 0.2) is 11.7 Å². The molecule has 1 aromatic heterocycles. The molecule has 1 aliphatic heterocycles. The van der Waals surface area contributed by atoms with E-state index >= 15 is 0 Å². The standard InChI is InChI=1S/C22H25N3O4S/c1-3-28-16-4-6-17(7-5-16)29-15-21(26)24-10-12-25(13-11-24)22-23-19-9-8-18(27-2)14-20(19)30-22/h4-9,14H,3,10-13,15H2,1-2H3. The molecule has 0 unspecified atom stereocenters. The number of amides is 1. The van der Waals surface area contributed by atoms with Crippen molar-refractivity contribution in [1.82, 2.24) is 9.88 Å². The van der Waals surface area contributed by atoms with E-state index < -0.39 is 0 Å². The number of thiazole rings is 1. The van der Waals surface area contributed by atoms with Crippen LogP contribution in [0.25, 0.3) is 10.2 Å². The molecule has 0 atom stereocenters. The molecule has 4 rings (SSSR count). The van der Waals surface area contributed by atoms with E-state index in [9.17, 15) is 4.79 Å². The van der Waals surface area contributed by atoms with Crippen molar-refractivity contribution in [3.05, 3.63) is 42.5 Å². The Bertz CT molecular complexity index is 997. The van der Waals surface area contributed by atoms with Crippen molar-refractivity contribution in [1.29, 1.82) is 0 Å². The van der Waals surface area contributed by atoms with Gasteiger partial charge in [0.25, 0.3) is 5.91 Å². The maximum Gasteiger partial charge on any atom is 0.260 e. The van der Waals surface area contributed by atoms with Crippen LogP contribution in [0.3, 0.4) is 0 Å². The lowest BCUT2D eigenvalue weighted by molar-refractivity contribution is -0.133. The molecule has 158 valence electrons. The van der Waals surface area contributed by atoms with E-state index in [4.69, 9.17) is 19.2 Å². The van der Waals surface area contributed by atoms with Gasteiger partial charge in [-0.25, -0.2) is 4.98 Å². The summed E-state index contributed by atoms with van der Waals surface area (Å²) in [5, 5.41) is 0.982. The van der Waals surface area contributed by atoms with E-state index in [2.05, 4.69) is 4.90 Å². The Morgan fingerprint density at radius 3 is 2.33 bits per heavy atom. The Morgan fingerprint density at radius 2 is 1.67 bits per heavy atom. The highest BCUT2D eigenvalue weighted by atomic mass is 32.1. The lowest BCUT2D eigenvalue weighted by atomic mass is 10.3. The molecule has 0 saturated carbocycles. The number of rotatable bonds is 7. The number of methoxy groups -OCH3 is 1. The largest absolute Gasteiger partial charge is 0.497 e. The van der Waals surface area contributed by atoms with Crippen LogP contribution >= 0.6 is 11.3 Å². The van der Waals surface area contributed by atoms with Crippen molar-refractivity contribution in [3.63, 3.8) is 0 Å². The molecule has 7 nitrogen and oxygen atoms in total. The Balaban J connectivity index is 1.29. The quantitative estimate of drug-likeness (QED) is 0.576. The zero-order valence-electron chi connectivity index (χ0n) is 17.2. The van der Waals surface area contributed by atoms with Crippen molar-refractivity contribution >= 4 is 32.6 Å². The predicted molar refractivity (Wildman–Crippen MR) is 118 cm³/mol. The van der Waals surface area contributed by atoms with Crippen LogP contribution in [0, 0.1) is 0 Å². The summed E-state index contributed by atoms with van der Waals surface area (Å²) in [4.78, 5) is 21.3. The molecule has 2 heterocycles. The summed E-state index contributed by atoms with van der Waals surface area (Å²) >= 11 is 1.65. The molecule has 0 radical (unpaired) electrons. The minimum atomic E-state index is -0.00225. The third-order valence-electron chi connectivity index (χ3n) is 4.98. The molecular weight excluding hydrogens is 402 g/mol. The predicted octanol–water partition coefficient (Wildman–Crippen LogP) is 3.43. The SMILES string of the molecule is CCOc1ccc(OCC(=O)N2CCN(c3nc4ccc(OC)cc4s3)CC2)cc1. The third kappa shape index (κ3) is 4.59. The summed E-state index contributed by atoms with van der Waals surface area (Å²) in [5.74, 6) is 2.29. The van der Waals surface area contributed by atoms with Gasteiger partial charge in [-0.15, -0.1) is 0 Å². The zero-order chi connectivity index (χ0) is 20.9. The number of piperazine rings is 1. The monoisotopic (exact) mass is 427 g/mol. The minimum Gasteiger partial charge on any atom is -0.497 e. The normalized spacial score (nSPS) is 14.1. The van der Waals surface area contributed by atoms with Crippen LogP contribution in [0.1, 0.15) is 6.92 Å². The summed E-state index contributed by atoms with van der Waals surface area (Å²) < 4.78 is 17.5. The summed E-state index contributed by atoms with van der Waals surface area (Å²) in [6.45, 7) is 5.43. The van der Waals surface area contributed by atoms with Crippen LogP contribution < -0.4 is 19.1 Å². The Morgan fingerprint density at radius 1 is 1.00 bits per heavy atom. The van der Waals surface area contributed by atoms with Gasteiger partial charge in [-0.2, -0.15) is 0 Å². The van der Waals surface area contributed by atoms with Gasteiger partial charge in [0.1, 0.15) is 17.2 Å². The van der Waals surface area contributed by atoms with Crippen LogP contribution in [0.15, 0.2) is 42.5 Å². The summed E-state index contributed by atoms with van der Waals surface area (Å²) in [7, 11) is 1.67. The molecule has 3 aromatic rings. The number of carbonyl (C=O) groups excluding carboxylic acids is 1. The highest BCUT2D eigenvalue weighted by Crippen LogP contribution is 2.31. The van der Waals surface area contributed by atoms with E-state index in [1.807, 2.05) is 54.3 Å². The highest BCUT2D eigenvalue weighted by molar-refractivity contribution is 7.22. The van der Waals surface area contributed by atoms with Crippen LogP contribution in [0.2, 0.25) is 0 Å². The molecule has 1 aliphatic rings. The second-order valence-electron chi connectivity index (χ2n) is 6.89. The summed E-state index contributed by atoms with van der Waals surface area (Å²) in [6.07, 6.45) is 0. The van der Waals surface area contributed by atoms with Crippen molar-refractivity contribution in [3.8, 4) is 17.2 Å². The van der Waals surface area contributed by atoms with E-state index in [1.54, 1.807) is 18.4 Å². The first-order chi connectivity index (χ1) is 14.7. The number of hydrogen-bond donors (Lipinski definition) is 0. The van der Waals surface area contributed by atoms with Gasteiger partial charge in [-0.1, -0.05) is 11.3 Å². The maximum absolute atomic E-state index is 12.5. The van der Waals surface area contributed by atoms with Crippen LogP contribution in [0.5, 0.6) is 17.2 Å². The molecule has 8 heteroatoms. The average molecular weight is 428 g/mol. The molecule has 1 fully saturated rings. The number of fused-ring (bicyclic) bond motifs is 1. The van der Waals surface area contributed by atoms with Gasteiger partial charge in [0, 0.05) is 26.2 Å². The Kier molecular flexibility index (Phi) is 6.23. The van der Waals surface area contributed by atoms with E-state index in [-0.39, 0.29) is 12.5 Å². The molecule has 1 saturated heterocycles. The van der Waals surface area contributed by atoms with Crippen molar-refractivity contribution in [2.24, 2.45) is 0 Å². The first kappa shape index (κ1) is 20.3. The third-order valence-corrected chi connectivity index (χ3v) is 6.06. The van der Waals surface area contributed by atoms with Gasteiger partial charge in [0.05, 0.1) is 23.9 Å². The zero-order valence-corrected chi connectivity index (χ0v) is 18.0. The summed E-state index contributed by atoms with van der Waals surface area (Å²) in [6, 6.07) is 13.2. The van der Waals surface area contributed by atoms with Crippen LogP contribution in [0.4, 0.5) is 5.13 Å². The number of carbonyl (C=O) groups is 1.